The monoisotopic (exact) mass is 586 g/mol. The zero-order chi connectivity index (χ0) is 30.3. The molecule has 0 bridgehead atoms. The lowest BCUT2D eigenvalue weighted by Crippen LogP contribution is -2.45. The number of nitrogens with one attached hydrogen (secondary N) is 1. The fourth-order valence-corrected chi connectivity index (χ4v) is 6.23. The van der Waals surface area contributed by atoms with Crippen molar-refractivity contribution < 1.29 is 23.1 Å². The van der Waals surface area contributed by atoms with Gasteiger partial charge in [0, 0.05) is 24.6 Å². The number of halogens is 3. The highest BCUT2D eigenvalue weighted by atomic mass is 19.4. The topological polar surface area (TPSA) is 107 Å². The Labute approximate surface area is 246 Å². The van der Waals surface area contributed by atoms with Gasteiger partial charge in [0.2, 0.25) is 0 Å². The van der Waals surface area contributed by atoms with Crippen LogP contribution in [0.2, 0.25) is 0 Å². The number of fused-ring (bicyclic) bond motifs is 1. The molecule has 2 aromatic carbocycles. The lowest BCUT2D eigenvalue weighted by atomic mass is 9.82. The van der Waals surface area contributed by atoms with E-state index in [0.717, 1.165) is 22.4 Å². The van der Waals surface area contributed by atoms with Crippen LogP contribution in [0.25, 0.3) is 0 Å². The summed E-state index contributed by atoms with van der Waals surface area (Å²) in [5.74, 6) is -3.91. The van der Waals surface area contributed by atoms with Crippen LogP contribution in [0.4, 0.5) is 24.7 Å². The Morgan fingerprint density at radius 1 is 1.05 bits per heavy atom. The number of benzene rings is 2. The first-order chi connectivity index (χ1) is 20.7. The van der Waals surface area contributed by atoms with Crippen molar-refractivity contribution >= 4 is 17.4 Å². The summed E-state index contributed by atoms with van der Waals surface area (Å²) in [5, 5.41) is 27.2. The number of hydrogen-bond acceptors (Lipinski definition) is 6. The number of hydrogen-bond donors (Lipinski definition) is 2. The number of nitriles is 1. The smallest absolute Gasteiger partial charge is 0.382 e. The third kappa shape index (κ3) is 5.23. The molecule has 4 heterocycles. The lowest BCUT2D eigenvalue weighted by Gasteiger charge is -2.35. The number of rotatable bonds is 5. The average Bonchev–Trinajstić information content (AvgIpc) is 3.36. The minimum atomic E-state index is -4.88. The Morgan fingerprint density at radius 3 is 2.19 bits per heavy atom. The van der Waals surface area contributed by atoms with Crippen molar-refractivity contribution in [3.05, 3.63) is 107 Å². The Balaban J connectivity index is 1.45. The van der Waals surface area contributed by atoms with Gasteiger partial charge in [0.1, 0.15) is 35.6 Å². The number of alkyl halides is 3. The van der Waals surface area contributed by atoms with E-state index in [-0.39, 0.29) is 23.0 Å². The number of amides is 1. The van der Waals surface area contributed by atoms with Crippen LogP contribution >= 0.6 is 0 Å². The predicted octanol–water partition coefficient (Wildman–Crippen LogP) is 5.44. The van der Waals surface area contributed by atoms with Crippen LogP contribution in [0.3, 0.4) is 0 Å². The van der Waals surface area contributed by atoms with Crippen LogP contribution in [-0.2, 0) is 4.79 Å². The first kappa shape index (κ1) is 28.4. The van der Waals surface area contributed by atoms with E-state index in [9.17, 15) is 28.3 Å². The molecule has 0 saturated carbocycles. The van der Waals surface area contributed by atoms with E-state index in [1.54, 1.807) is 6.20 Å². The summed E-state index contributed by atoms with van der Waals surface area (Å²) in [7, 11) is 0. The number of aliphatic hydroxyl groups is 1. The van der Waals surface area contributed by atoms with Gasteiger partial charge in [-0.05, 0) is 42.5 Å². The van der Waals surface area contributed by atoms with Gasteiger partial charge in [-0.1, -0.05) is 60.7 Å². The van der Waals surface area contributed by atoms with Crippen molar-refractivity contribution in [2.75, 3.05) is 23.3 Å². The van der Waals surface area contributed by atoms with Crippen LogP contribution in [-0.4, -0.2) is 51.1 Å². The summed E-state index contributed by atoms with van der Waals surface area (Å²) in [5.41, 5.74) is 3.57. The molecule has 43 heavy (non-hydrogen) atoms. The first-order valence-electron chi connectivity index (χ1n) is 14.1. The first-order valence-corrected chi connectivity index (χ1v) is 14.1. The van der Waals surface area contributed by atoms with Gasteiger partial charge in [-0.3, -0.25) is 4.79 Å². The molecule has 2 unspecified atom stereocenters. The number of piperidine rings is 1. The summed E-state index contributed by atoms with van der Waals surface area (Å²) in [4.78, 5) is 19.1. The molecule has 1 amide bonds. The van der Waals surface area contributed by atoms with E-state index < -0.39 is 30.1 Å². The van der Waals surface area contributed by atoms with Gasteiger partial charge < -0.3 is 15.3 Å². The fourth-order valence-electron chi connectivity index (χ4n) is 6.23. The number of carbonyl (C=O) groups excluding carboxylic acids is 1. The number of anilines is 2. The molecule has 8 nitrogen and oxygen atoms in total. The van der Waals surface area contributed by atoms with Gasteiger partial charge in [0.15, 0.2) is 0 Å². The summed E-state index contributed by atoms with van der Waals surface area (Å²) < 4.78 is 45.3. The Kier molecular flexibility index (Phi) is 7.40. The summed E-state index contributed by atoms with van der Waals surface area (Å²) in [6, 6.07) is 21.9. The van der Waals surface area contributed by atoms with Gasteiger partial charge in [0.05, 0.1) is 17.6 Å². The van der Waals surface area contributed by atoms with Crippen molar-refractivity contribution in [3.63, 3.8) is 0 Å². The summed E-state index contributed by atoms with van der Waals surface area (Å²) in [6.45, 7) is 2.88. The standard InChI is InChI=1S/C32H29F3N6O2/c1-19-16-23(18-37-24(19)17-36)40-14-12-20(13-15-40)27-25-26(32(33,34)35)29(42)31(43)38-30(25)41(39-27)28(21-8-4-2-5-9-21)22-10-6-3-7-11-22/h2-11,16,18,20,26,28-29,42H,12-15H2,1H3,(H,38,43). The molecule has 4 aromatic rings. The number of carbonyl (C=O) groups is 1. The quantitative estimate of drug-likeness (QED) is 0.323. The maximum Gasteiger partial charge on any atom is 0.398 e. The molecule has 2 N–H and O–H groups in total. The van der Waals surface area contributed by atoms with Crippen LogP contribution in [0.1, 0.15) is 64.4 Å². The van der Waals surface area contributed by atoms with Gasteiger partial charge >= 0.3 is 6.18 Å². The van der Waals surface area contributed by atoms with Crippen molar-refractivity contribution in [3.8, 4) is 6.07 Å². The third-order valence-corrected chi connectivity index (χ3v) is 8.36. The highest BCUT2D eigenvalue weighted by molar-refractivity contribution is 5.97. The molecule has 2 aliphatic rings. The van der Waals surface area contributed by atoms with E-state index >= 15 is 0 Å². The molecule has 2 aliphatic heterocycles. The SMILES string of the molecule is Cc1cc(N2CCC(c3nn(C(c4ccccc4)c4ccccc4)c4c3C(C(F)(F)F)C(O)C(=O)N4)CC2)cnc1C#N. The molecule has 0 spiro atoms. The van der Waals surface area contributed by atoms with Crippen LogP contribution < -0.4 is 10.2 Å². The molecule has 0 aliphatic carbocycles. The fraction of sp³-hybridized carbons (Fsp3) is 0.312. The van der Waals surface area contributed by atoms with Crippen molar-refractivity contribution in [2.45, 2.75) is 49.9 Å². The second kappa shape index (κ2) is 11.2. The third-order valence-electron chi connectivity index (χ3n) is 8.36. The Morgan fingerprint density at radius 2 is 1.65 bits per heavy atom. The normalized spacial score (nSPS) is 19.2. The Hall–Kier alpha value is -4.69. The van der Waals surface area contributed by atoms with E-state index in [0.29, 0.717) is 31.6 Å². The summed E-state index contributed by atoms with van der Waals surface area (Å²) >= 11 is 0. The second-order valence-corrected chi connectivity index (χ2v) is 11.0. The maximum atomic E-state index is 14.6. The molecule has 2 atom stereocenters. The molecular formula is C32H29F3N6O2. The van der Waals surface area contributed by atoms with E-state index in [2.05, 4.69) is 21.3 Å². The van der Waals surface area contributed by atoms with E-state index in [1.807, 2.05) is 73.7 Å². The van der Waals surface area contributed by atoms with Gasteiger partial charge in [-0.2, -0.15) is 23.5 Å². The van der Waals surface area contributed by atoms with Crippen molar-refractivity contribution in [2.24, 2.45) is 0 Å². The number of aryl methyl sites for hydroxylation is 1. The van der Waals surface area contributed by atoms with Gasteiger partial charge in [0.25, 0.3) is 5.91 Å². The number of aromatic nitrogens is 3. The molecular weight excluding hydrogens is 557 g/mol. The van der Waals surface area contributed by atoms with Crippen LogP contribution in [0.5, 0.6) is 0 Å². The number of aliphatic hydroxyl groups excluding tert-OH is 1. The van der Waals surface area contributed by atoms with Crippen LogP contribution in [0, 0.1) is 18.3 Å². The molecule has 0 radical (unpaired) electrons. The van der Waals surface area contributed by atoms with Crippen molar-refractivity contribution in [1.82, 2.24) is 14.8 Å². The number of pyridine rings is 1. The molecule has 11 heteroatoms. The highest BCUT2D eigenvalue weighted by Crippen LogP contribution is 2.49. The number of nitrogens with zero attached hydrogens (tertiary/aromatic N) is 5. The Bertz CT molecular complexity index is 1640. The maximum absolute atomic E-state index is 14.6. The lowest BCUT2D eigenvalue weighted by molar-refractivity contribution is -0.177. The van der Waals surface area contributed by atoms with E-state index in [1.165, 1.54) is 4.68 Å². The average molecular weight is 587 g/mol. The largest absolute Gasteiger partial charge is 0.398 e. The summed E-state index contributed by atoms with van der Waals surface area (Å²) in [6.07, 6.45) is -4.53. The van der Waals surface area contributed by atoms with E-state index in [4.69, 9.17) is 5.10 Å². The van der Waals surface area contributed by atoms with Crippen molar-refractivity contribution in [1.29, 1.82) is 5.26 Å². The molecule has 220 valence electrons. The second-order valence-electron chi connectivity index (χ2n) is 11.0. The zero-order valence-corrected chi connectivity index (χ0v) is 23.3. The molecule has 2 aromatic heterocycles. The van der Waals surface area contributed by atoms with Crippen LogP contribution in [0.15, 0.2) is 72.9 Å². The minimum Gasteiger partial charge on any atom is -0.382 e. The van der Waals surface area contributed by atoms with Gasteiger partial charge in [-0.15, -0.1) is 0 Å². The molecule has 1 saturated heterocycles. The zero-order valence-electron chi connectivity index (χ0n) is 23.3. The molecule has 1 fully saturated rings. The predicted molar refractivity (Wildman–Crippen MR) is 154 cm³/mol. The highest BCUT2D eigenvalue weighted by Gasteiger charge is 2.54. The van der Waals surface area contributed by atoms with Gasteiger partial charge in [-0.25, -0.2) is 9.67 Å². The molecule has 6 rings (SSSR count). The minimum absolute atomic E-state index is 0.0420.